The van der Waals surface area contributed by atoms with Crippen LogP contribution in [-0.4, -0.2) is 44.3 Å². The molecule has 46 heavy (non-hydrogen) atoms. The van der Waals surface area contributed by atoms with Crippen molar-refractivity contribution in [2.24, 2.45) is 0 Å². The molecule has 1 atom stereocenters. The fourth-order valence-electron chi connectivity index (χ4n) is 4.99. The first-order valence-corrected chi connectivity index (χ1v) is 17.4. The first-order chi connectivity index (χ1) is 22.0. The van der Waals surface area contributed by atoms with Gasteiger partial charge in [0, 0.05) is 35.1 Å². The standard InChI is InChI=1S/C36H39Cl2N3O4S/c1-4-5-22-39-36(43)34(23-28-10-7-6-8-11-28)40(24-31-32(37)12-9-13-33(31)38)35(42)25-41(29-18-14-26(2)15-19-29)46(44,45)30-20-16-27(3)17-21-30/h6-21,34H,4-5,22-25H2,1-3H3,(H,39,43)/t34-/m1/s1. The Kier molecular flexibility index (Phi) is 12.3. The highest BCUT2D eigenvalue weighted by molar-refractivity contribution is 7.92. The molecule has 4 aromatic rings. The highest BCUT2D eigenvalue weighted by atomic mass is 35.5. The van der Waals surface area contributed by atoms with Gasteiger partial charge in [-0.1, -0.05) is 108 Å². The van der Waals surface area contributed by atoms with Crippen LogP contribution in [0.3, 0.4) is 0 Å². The summed E-state index contributed by atoms with van der Waals surface area (Å²) >= 11 is 13.2. The summed E-state index contributed by atoms with van der Waals surface area (Å²) in [6, 6.07) is 26.8. The molecule has 10 heteroatoms. The summed E-state index contributed by atoms with van der Waals surface area (Å²) in [7, 11) is -4.19. The highest BCUT2D eigenvalue weighted by Gasteiger charge is 2.35. The van der Waals surface area contributed by atoms with E-state index in [4.69, 9.17) is 23.2 Å². The topological polar surface area (TPSA) is 86.8 Å². The maximum absolute atomic E-state index is 14.6. The van der Waals surface area contributed by atoms with Gasteiger partial charge in [0.15, 0.2) is 0 Å². The number of aryl methyl sites for hydroxylation is 2. The molecule has 2 amide bonds. The third kappa shape index (κ3) is 8.90. The minimum Gasteiger partial charge on any atom is -0.354 e. The van der Waals surface area contributed by atoms with Crippen molar-refractivity contribution in [3.63, 3.8) is 0 Å². The van der Waals surface area contributed by atoms with Crippen LogP contribution in [-0.2, 0) is 32.6 Å². The molecule has 0 unspecified atom stereocenters. The summed E-state index contributed by atoms with van der Waals surface area (Å²) in [5.41, 5.74) is 3.45. The van der Waals surface area contributed by atoms with E-state index in [2.05, 4.69) is 5.32 Å². The molecule has 242 valence electrons. The van der Waals surface area contributed by atoms with Gasteiger partial charge in [-0.25, -0.2) is 8.42 Å². The predicted molar refractivity (Wildman–Crippen MR) is 186 cm³/mol. The number of anilines is 1. The van der Waals surface area contributed by atoms with E-state index in [9.17, 15) is 18.0 Å². The number of carbonyl (C=O) groups excluding carboxylic acids is 2. The first kappa shape index (κ1) is 35.0. The molecule has 0 aliphatic rings. The maximum atomic E-state index is 14.6. The lowest BCUT2D eigenvalue weighted by Crippen LogP contribution is -2.53. The molecule has 0 heterocycles. The van der Waals surface area contributed by atoms with Crippen molar-refractivity contribution < 1.29 is 18.0 Å². The number of hydrogen-bond acceptors (Lipinski definition) is 4. The Bertz CT molecular complexity index is 1710. The maximum Gasteiger partial charge on any atom is 0.264 e. The molecule has 0 aliphatic carbocycles. The number of sulfonamides is 1. The van der Waals surface area contributed by atoms with Crippen LogP contribution in [0, 0.1) is 13.8 Å². The van der Waals surface area contributed by atoms with Crippen LogP contribution in [0.4, 0.5) is 5.69 Å². The molecule has 0 saturated carbocycles. The summed E-state index contributed by atoms with van der Waals surface area (Å²) in [5, 5.41) is 3.64. The van der Waals surface area contributed by atoms with Crippen molar-refractivity contribution in [3.05, 3.63) is 129 Å². The highest BCUT2D eigenvalue weighted by Crippen LogP contribution is 2.29. The van der Waals surface area contributed by atoms with Crippen LogP contribution in [0.2, 0.25) is 10.0 Å². The Morgan fingerprint density at radius 1 is 0.804 bits per heavy atom. The van der Waals surface area contributed by atoms with E-state index in [1.807, 2.05) is 51.1 Å². The van der Waals surface area contributed by atoms with Crippen LogP contribution in [0.1, 0.15) is 42.0 Å². The lowest BCUT2D eigenvalue weighted by molar-refractivity contribution is -0.140. The number of amides is 2. The zero-order chi connectivity index (χ0) is 33.3. The van der Waals surface area contributed by atoms with Crippen LogP contribution < -0.4 is 9.62 Å². The Labute approximate surface area is 282 Å². The van der Waals surface area contributed by atoms with Gasteiger partial charge in [-0.2, -0.15) is 0 Å². The molecule has 7 nitrogen and oxygen atoms in total. The quantitative estimate of drug-likeness (QED) is 0.141. The van der Waals surface area contributed by atoms with Crippen LogP contribution in [0.25, 0.3) is 0 Å². The van der Waals surface area contributed by atoms with Crippen molar-refractivity contribution in [1.82, 2.24) is 10.2 Å². The van der Waals surface area contributed by atoms with Gasteiger partial charge in [0.2, 0.25) is 11.8 Å². The largest absolute Gasteiger partial charge is 0.354 e. The van der Waals surface area contributed by atoms with Crippen molar-refractivity contribution in [1.29, 1.82) is 0 Å². The number of nitrogens with one attached hydrogen (secondary N) is 1. The molecule has 0 spiro atoms. The average molecular weight is 681 g/mol. The van der Waals surface area contributed by atoms with Crippen molar-refractivity contribution in [3.8, 4) is 0 Å². The summed E-state index contributed by atoms with van der Waals surface area (Å²) in [4.78, 5) is 29.9. The summed E-state index contributed by atoms with van der Waals surface area (Å²) < 4.78 is 29.4. The fraction of sp³-hybridized carbons (Fsp3) is 0.278. The van der Waals surface area contributed by atoms with Crippen LogP contribution >= 0.6 is 23.2 Å². The van der Waals surface area contributed by atoms with E-state index in [0.29, 0.717) is 27.8 Å². The van der Waals surface area contributed by atoms with E-state index in [-0.39, 0.29) is 23.8 Å². The number of halogens is 2. The number of benzene rings is 4. The normalized spacial score (nSPS) is 11.9. The van der Waals surface area contributed by atoms with Crippen molar-refractivity contribution in [2.45, 2.75) is 57.5 Å². The molecule has 0 bridgehead atoms. The Hall–Kier alpha value is -3.85. The molecule has 4 aromatic carbocycles. The SMILES string of the molecule is CCCCNC(=O)[C@@H](Cc1ccccc1)N(Cc1c(Cl)cccc1Cl)C(=O)CN(c1ccc(C)cc1)S(=O)(=O)c1ccc(C)cc1. The molecule has 4 rings (SSSR count). The Morgan fingerprint density at radius 2 is 1.39 bits per heavy atom. The lowest BCUT2D eigenvalue weighted by Gasteiger charge is -2.34. The number of unbranched alkanes of at least 4 members (excludes halogenated alkanes) is 1. The second kappa shape index (κ2) is 16.1. The van der Waals surface area contributed by atoms with Crippen LogP contribution in [0.5, 0.6) is 0 Å². The summed E-state index contributed by atoms with van der Waals surface area (Å²) in [6.07, 6.45) is 1.84. The van der Waals surface area contributed by atoms with Gasteiger partial charge in [-0.05, 0) is 62.2 Å². The summed E-state index contributed by atoms with van der Waals surface area (Å²) in [5.74, 6) is -0.934. The lowest BCUT2D eigenvalue weighted by atomic mass is 10.0. The number of rotatable bonds is 14. The Balaban J connectivity index is 1.82. The van der Waals surface area contributed by atoms with Gasteiger partial charge in [0.25, 0.3) is 10.0 Å². The van der Waals surface area contributed by atoms with E-state index >= 15 is 0 Å². The van der Waals surface area contributed by atoms with Gasteiger partial charge < -0.3 is 10.2 Å². The van der Waals surface area contributed by atoms with Crippen LogP contribution in [0.15, 0.2) is 102 Å². The average Bonchev–Trinajstić information content (AvgIpc) is 3.04. The number of carbonyl (C=O) groups is 2. The minimum absolute atomic E-state index is 0.0466. The van der Waals surface area contributed by atoms with Gasteiger partial charge in [-0.3, -0.25) is 13.9 Å². The fourth-order valence-corrected chi connectivity index (χ4v) is 6.92. The number of hydrogen-bond donors (Lipinski definition) is 1. The van der Waals surface area contributed by atoms with E-state index in [1.54, 1.807) is 54.6 Å². The van der Waals surface area contributed by atoms with Gasteiger partial charge >= 0.3 is 0 Å². The second-order valence-electron chi connectivity index (χ2n) is 11.2. The third-order valence-electron chi connectivity index (χ3n) is 7.70. The minimum atomic E-state index is -4.19. The molecular weight excluding hydrogens is 641 g/mol. The second-order valence-corrected chi connectivity index (χ2v) is 13.9. The Morgan fingerprint density at radius 3 is 1.98 bits per heavy atom. The van der Waals surface area contributed by atoms with Crippen molar-refractivity contribution in [2.75, 3.05) is 17.4 Å². The van der Waals surface area contributed by atoms with E-state index in [0.717, 1.165) is 33.8 Å². The van der Waals surface area contributed by atoms with Gasteiger partial charge in [0.1, 0.15) is 12.6 Å². The molecule has 0 radical (unpaired) electrons. The van der Waals surface area contributed by atoms with E-state index in [1.165, 1.54) is 17.0 Å². The molecule has 0 saturated heterocycles. The summed E-state index contributed by atoms with van der Waals surface area (Å²) in [6.45, 7) is 5.56. The first-order valence-electron chi connectivity index (χ1n) is 15.2. The third-order valence-corrected chi connectivity index (χ3v) is 10.2. The smallest absolute Gasteiger partial charge is 0.264 e. The predicted octanol–water partition coefficient (Wildman–Crippen LogP) is 7.36. The molecule has 1 N–H and O–H groups in total. The zero-order valence-corrected chi connectivity index (χ0v) is 28.6. The van der Waals surface area contributed by atoms with Crippen molar-refractivity contribution >= 4 is 50.7 Å². The monoisotopic (exact) mass is 679 g/mol. The molecular formula is C36H39Cl2N3O4S. The van der Waals surface area contributed by atoms with Gasteiger partial charge in [-0.15, -0.1) is 0 Å². The molecule has 0 fully saturated rings. The molecule has 0 aliphatic heterocycles. The molecule has 0 aromatic heterocycles. The zero-order valence-electron chi connectivity index (χ0n) is 26.2. The number of nitrogens with zero attached hydrogens (tertiary/aromatic N) is 2. The van der Waals surface area contributed by atoms with E-state index < -0.39 is 28.5 Å². The van der Waals surface area contributed by atoms with Gasteiger partial charge in [0.05, 0.1) is 10.6 Å².